The Hall–Kier alpha value is -1.99. The fraction of sp³-hybridized carbons (Fsp3) is 0.474. The van der Waals surface area contributed by atoms with Crippen LogP contribution in [0.3, 0.4) is 0 Å². The second-order valence-corrected chi connectivity index (χ2v) is 7.64. The van der Waals surface area contributed by atoms with Crippen LogP contribution in [0.25, 0.3) is 0 Å². The van der Waals surface area contributed by atoms with Gasteiger partial charge in [-0.05, 0) is 50.9 Å². The van der Waals surface area contributed by atoms with E-state index in [0.717, 1.165) is 55.4 Å². The number of likely N-dealkylation sites (tertiary alicyclic amines) is 1. The summed E-state index contributed by atoms with van der Waals surface area (Å²) in [6, 6.07) is 6.75. The van der Waals surface area contributed by atoms with E-state index in [1.807, 2.05) is 26.0 Å². The van der Waals surface area contributed by atoms with Gasteiger partial charge in [0.05, 0.1) is 5.69 Å². The van der Waals surface area contributed by atoms with Gasteiger partial charge in [-0.3, -0.25) is 9.69 Å². The molecule has 5 nitrogen and oxygen atoms in total. The van der Waals surface area contributed by atoms with Gasteiger partial charge in [0.25, 0.3) is 5.91 Å². The van der Waals surface area contributed by atoms with Crippen molar-refractivity contribution in [3.05, 3.63) is 46.2 Å². The minimum atomic E-state index is -0.214. The monoisotopic (exact) mass is 376 g/mol. The summed E-state index contributed by atoms with van der Waals surface area (Å²) in [4.78, 5) is 20.0. The first kappa shape index (κ1) is 18.8. The molecule has 2 heterocycles. The van der Waals surface area contributed by atoms with Crippen molar-refractivity contribution in [3.63, 3.8) is 0 Å². The second-order valence-electron chi connectivity index (χ2n) is 6.64. The Morgan fingerprint density at radius 2 is 2.15 bits per heavy atom. The highest BCUT2D eigenvalue weighted by Gasteiger charge is 2.24. The maximum absolute atomic E-state index is 13.0. The molecule has 2 aromatic rings. The number of hydrogen-bond acceptors (Lipinski definition) is 5. The van der Waals surface area contributed by atoms with Crippen LogP contribution in [0.15, 0.2) is 24.3 Å². The number of hydrogen-bond donors (Lipinski definition) is 2. The predicted octanol–water partition coefficient (Wildman–Crippen LogP) is 3.42. The first-order valence-electron chi connectivity index (χ1n) is 9.04. The van der Waals surface area contributed by atoms with Crippen LogP contribution in [0.2, 0.25) is 0 Å². The lowest BCUT2D eigenvalue weighted by molar-refractivity contribution is 0.0904. The van der Waals surface area contributed by atoms with E-state index in [9.17, 15) is 9.18 Å². The van der Waals surface area contributed by atoms with Crippen LogP contribution in [0.4, 0.5) is 9.52 Å². The molecule has 1 atom stereocenters. The van der Waals surface area contributed by atoms with Crippen molar-refractivity contribution >= 4 is 22.4 Å². The zero-order valence-electron chi connectivity index (χ0n) is 15.2. The lowest BCUT2D eigenvalue weighted by Crippen LogP contribution is -2.47. The van der Waals surface area contributed by atoms with Crippen molar-refractivity contribution < 1.29 is 9.18 Å². The number of piperidine rings is 1. The molecule has 0 bridgehead atoms. The number of carbonyl (C=O) groups excluding carboxylic acids is 1. The summed E-state index contributed by atoms with van der Waals surface area (Å²) >= 11 is 1.40. The molecule has 0 radical (unpaired) electrons. The van der Waals surface area contributed by atoms with E-state index in [1.165, 1.54) is 23.5 Å². The average molecular weight is 377 g/mol. The Morgan fingerprint density at radius 1 is 1.38 bits per heavy atom. The molecule has 26 heavy (non-hydrogen) atoms. The number of rotatable bonds is 6. The molecule has 140 valence electrons. The topological polar surface area (TPSA) is 57.3 Å². The summed E-state index contributed by atoms with van der Waals surface area (Å²) in [6.07, 6.45) is 2.01. The molecular weight excluding hydrogens is 351 g/mol. The number of benzene rings is 1. The summed E-state index contributed by atoms with van der Waals surface area (Å²) in [6.45, 7) is 7.24. The van der Waals surface area contributed by atoms with Gasteiger partial charge in [-0.25, -0.2) is 9.37 Å². The molecule has 1 saturated heterocycles. The molecule has 1 aliphatic rings. The number of nitrogens with one attached hydrogen (secondary N) is 2. The molecule has 1 aromatic carbocycles. The number of thiazole rings is 1. The standard InChI is InChI=1S/C19H25FN4OS/c1-3-21-19-22-13(2)17(26-19)18(25)23-16-5-4-10-24(12-16)11-14-6-8-15(20)9-7-14/h6-9,16H,3-5,10-12H2,1-2H3,(H,21,22)(H,23,25). The van der Waals surface area contributed by atoms with Crippen molar-refractivity contribution in [1.82, 2.24) is 15.2 Å². The van der Waals surface area contributed by atoms with Crippen molar-refractivity contribution in [2.45, 2.75) is 39.3 Å². The fourth-order valence-corrected chi connectivity index (χ4v) is 4.19. The van der Waals surface area contributed by atoms with Crippen LogP contribution in [0.5, 0.6) is 0 Å². The summed E-state index contributed by atoms with van der Waals surface area (Å²) < 4.78 is 13.0. The molecule has 1 fully saturated rings. The average Bonchev–Trinajstić information content (AvgIpc) is 2.98. The number of halogens is 1. The molecule has 0 spiro atoms. The molecule has 1 unspecified atom stereocenters. The molecule has 1 amide bonds. The molecule has 2 N–H and O–H groups in total. The zero-order valence-corrected chi connectivity index (χ0v) is 16.0. The third kappa shape index (κ3) is 4.80. The van der Waals surface area contributed by atoms with Crippen LogP contribution in [-0.4, -0.2) is 41.5 Å². The van der Waals surface area contributed by atoms with E-state index >= 15 is 0 Å². The zero-order chi connectivity index (χ0) is 18.5. The molecule has 0 aliphatic carbocycles. The highest BCUT2D eigenvalue weighted by molar-refractivity contribution is 7.17. The Morgan fingerprint density at radius 3 is 2.88 bits per heavy atom. The Kier molecular flexibility index (Phi) is 6.21. The van der Waals surface area contributed by atoms with Crippen LogP contribution >= 0.6 is 11.3 Å². The van der Waals surface area contributed by atoms with Crippen molar-refractivity contribution in [2.75, 3.05) is 25.0 Å². The van der Waals surface area contributed by atoms with E-state index in [2.05, 4.69) is 20.5 Å². The van der Waals surface area contributed by atoms with E-state index in [0.29, 0.717) is 4.88 Å². The third-order valence-electron chi connectivity index (χ3n) is 4.49. The van der Waals surface area contributed by atoms with Crippen LogP contribution in [-0.2, 0) is 6.54 Å². The molecular formula is C19H25FN4OS. The fourth-order valence-electron chi connectivity index (χ4n) is 3.25. The molecule has 1 aromatic heterocycles. The minimum absolute atomic E-state index is 0.0437. The first-order chi connectivity index (χ1) is 12.5. The predicted molar refractivity (Wildman–Crippen MR) is 103 cm³/mol. The molecule has 7 heteroatoms. The lowest BCUT2D eigenvalue weighted by Gasteiger charge is -2.33. The highest BCUT2D eigenvalue weighted by atomic mass is 32.1. The molecule has 1 aliphatic heterocycles. The molecule has 3 rings (SSSR count). The summed E-state index contributed by atoms with van der Waals surface area (Å²) in [5.74, 6) is -0.257. The van der Waals surface area contributed by atoms with Crippen molar-refractivity contribution in [1.29, 1.82) is 0 Å². The van der Waals surface area contributed by atoms with Gasteiger partial charge in [-0.2, -0.15) is 0 Å². The van der Waals surface area contributed by atoms with E-state index < -0.39 is 0 Å². The summed E-state index contributed by atoms with van der Waals surface area (Å²) in [5.41, 5.74) is 1.86. The minimum Gasteiger partial charge on any atom is -0.362 e. The van der Waals surface area contributed by atoms with Crippen LogP contribution in [0.1, 0.15) is 40.7 Å². The Labute approximate surface area is 157 Å². The summed E-state index contributed by atoms with van der Waals surface area (Å²) in [7, 11) is 0. The largest absolute Gasteiger partial charge is 0.362 e. The van der Waals surface area contributed by atoms with Gasteiger partial charge in [0, 0.05) is 25.7 Å². The number of aryl methyl sites for hydroxylation is 1. The van der Waals surface area contributed by atoms with Gasteiger partial charge < -0.3 is 10.6 Å². The van der Waals surface area contributed by atoms with E-state index in [1.54, 1.807) is 0 Å². The van der Waals surface area contributed by atoms with Gasteiger partial charge in [0.1, 0.15) is 10.7 Å². The SMILES string of the molecule is CCNc1nc(C)c(C(=O)NC2CCCN(Cc3ccc(F)cc3)C2)s1. The Bertz CT molecular complexity index is 746. The van der Waals surface area contributed by atoms with Gasteiger partial charge in [0.2, 0.25) is 0 Å². The van der Waals surface area contributed by atoms with Crippen LogP contribution in [0, 0.1) is 12.7 Å². The maximum Gasteiger partial charge on any atom is 0.263 e. The van der Waals surface area contributed by atoms with Gasteiger partial charge in [-0.15, -0.1) is 0 Å². The first-order valence-corrected chi connectivity index (χ1v) is 9.85. The lowest BCUT2D eigenvalue weighted by atomic mass is 10.0. The quantitative estimate of drug-likeness (QED) is 0.811. The van der Waals surface area contributed by atoms with Crippen molar-refractivity contribution in [2.24, 2.45) is 0 Å². The van der Waals surface area contributed by atoms with E-state index in [-0.39, 0.29) is 17.8 Å². The number of nitrogens with zero attached hydrogens (tertiary/aromatic N) is 2. The van der Waals surface area contributed by atoms with Gasteiger partial charge in [-0.1, -0.05) is 23.5 Å². The number of amides is 1. The highest BCUT2D eigenvalue weighted by Crippen LogP contribution is 2.23. The number of anilines is 1. The maximum atomic E-state index is 13.0. The van der Waals surface area contributed by atoms with Gasteiger partial charge in [0.15, 0.2) is 5.13 Å². The second kappa shape index (κ2) is 8.60. The Balaban J connectivity index is 1.57. The van der Waals surface area contributed by atoms with E-state index in [4.69, 9.17) is 0 Å². The normalized spacial score (nSPS) is 17.9. The third-order valence-corrected chi connectivity index (χ3v) is 5.60. The van der Waals surface area contributed by atoms with Gasteiger partial charge >= 0.3 is 0 Å². The number of carbonyl (C=O) groups is 1. The van der Waals surface area contributed by atoms with Crippen LogP contribution < -0.4 is 10.6 Å². The molecule has 0 saturated carbocycles. The number of aromatic nitrogens is 1. The summed E-state index contributed by atoms with van der Waals surface area (Å²) in [5, 5.41) is 7.11. The van der Waals surface area contributed by atoms with Crippen molar-refractivity contribution in [3.8, 4) is 0 Å². The smallest absolute Gasteiger partial charge is 0.263 e.